The van der Waals surface area contributed by atoms with Crippen molar-refractivity contribution in [3.05, 3.63) is 30.1 Å². The summed E-state index contributed by atoms with van der Waals surface area (Å²) in [5.41, 5.74) is 0.530. The minimum absolute atomic E-state index is 0.00472. The summed E-state index contributed by atoms with van der Waals surface area (Å²) < 4.78 is 18.7. The van der Waals surface area contributed by atoms with Gasteiger partial charge in [-0.25, -0.2) is 4.39 Å². The number of tetrazole rings is 1. The van der Waals surface area contributed by atoms with Crippen molar-refractivity contribution < 1.29 is 13.9 Å². The van der Waals surface area contributed by atoms with Crippen molar-refractivity contribution >= 4 is 5.91 Å². The van der Waals surface area contributed by atoms with Crippen LogP contribution >= 0.6 is 0 Å². The Bertz CT molecular complexity index is 712. The molecule has 1 aliphatic rings. The van der Waals surface area contributed by atoms with Crippen molar-refractivity contribution in [2.75, 3.05) is 26.3 Å². The van der Waals surface area contributed by atoms with E-state index in [4.69, 9.17) is 4.74 Å². The molecule has 0 N–H and O–H groups in total. The Hall–Kier alpha value is -2.35. The van der Waals surface area contributed by atoms with E-state index in [0.29, 0.717) is 37.7 Å². The van der Waals surface area contributed by atoms with Gasteiger partial charge in [-0.05, 0) is 23.3 Å². The van der Waals surface area contributed by atoms with Crippen LogP contribution in [0.3, 0.4) is 0 Å². The van der Waals surface area contributed by atoms with Crippen LogP contribution in [0.15, 0.2) is 24.3 Å². The van der Waals surface area contributed by atoms with Crippen LogP contribution in [0.25, 0.3) is 11.4 Å². The molecule has 2 heterocycles. The number of ether oxygens (including phenoxy) is 1. The van der Waals surface area contributed by atoms with Crippen molar-refractivity contribution in [3.63, 3.8) is 0 Å². The molecule has 1 unspecified atom stereocenters. The third-order valence-corrected chi connectivity index (χ3v) is 3.97. The summed E-state index contributed by atoms with van der Waals surface area (Å²) in [6, 6.07) is 5.45. The molecule has 8 heteroatoms. The summed E-state index contributed by atoms with van der Waals surface area (Å²) in [5.74, 6) is -0.116. The number of benzene rings is 1. The molecular weight excluding hydrogens is 313 g/mol. The number of rotatable bonds is 4. The van der Waals surface area contributed by atoms with Crippen LogP contribution in [0.5, 0.6) is 0 Å². The van der Waals surface area contributed by atoms with E-state index in [2.05, 4.69) is 15.4 Å². The Kier molecular flexibility index (Phi) is 4.84. The third-order valence-electron chi connectivity index (χ3n) is 3.97. The molecule has 0 aliphatic carbocycles. The molecule has 1 atom stereocenters. The number of halogens is 1. The lowest BCUT2D eigenvalue weighted by atomic mass is 10.0. The van der Waals surface area contributed by atoms with Crippen LogP contribution in [0.2, 0.25) is 0 Å². The summed E-state index contributed by atoms with van der Waals surface area (Å²) in [6.45, 7) is 6.08. The highest BCUT2D eigenvalue weighted by molar-refractivity contribution is 5.80. The van der Waals surface area contributed by atoms with E-state index in [1.807, 2.05) is 13.8 Å². The first-order chi connectivity index (χ1) is 11.6. The predicted octanol–water partition coefficient (Wildman–Crippen LogP) is 1.54. The van der Waals surface area contributed by atoms with Crippen molar-refractivity contribution in [3.8, 4) is 11.4 Å². The third kappa shape index (κ3) is 3.43. The van der Waals surface area contributed by atoms with Crippen LogP contribution in [0.1, 0.15) is 19.9 Å². The smallest absolute Gasteiger partial charge is 0.249 e. The van der Waals surface area contributed by atoms with Gasteiger partial charge in [-0.1, -0.05) is 26.0 Å². The van der Waals surface area contributed by atoms with Gasteiger partial charge in [0.2, 0.25) is 11.7 Å². The molecule has 1 aromatic carbocycles. The lowest BCUT2D eigenvalue weighted by molar-refractivity contribution is -0.141. The lowest BCUT2D eigenvalue weighted by Gasteiger charge is -2.31. The topological polar surface area (TPSA) is 73.1 Å². The predicted molar refractivity (Wildman–Crippen MR) is 84.5 cm³/mol. The van der Waals surface area contributed by atoms with Crippen molar-refractivity contribution in [2.45, 2.75) is 19.9 Å². The molecule has 7 nitrogen and oxygen atoms in total. The Morgan fingerprint density at radius 1 is 1.29 bits per heavy atom. The summed E-state index contributed by atoms with van der Waals surface area (Å²) >= 11 is 0. The monoisotopic (exact) mass is 333 g/mol. The Morgan fingerprint density at radius 3 is 2.71 bits per heavy atom. The Labute approximate surface area is 139 Å². The highest BCUT2D eigenvalue weighted by atomic mass is 19.1. The number of hydrogen-bond donors (Lipinski definition) is 0. The first kappa shape index (κ1) is 16.5. The maximum atomic E-state index is 13.4. The summed E-state index contributed by atoms with van der Waals surface area (Å²) in [6.07, 6.45) is 0. The zero-order chi connectivity index (χ0) is 17.1. The Morgan fingerprint density at radius 2 is 2.04 bits per heavy atom. The fourth-order valence-electron chi connectivity index (χ4n) is 2.71. The largest absolute Gasteiger partial charge is 0.378 e. The molecule has 0 spiro atoms. The zero-order valence-electron chi connectivity index (χ0n) is 13.7. The lowest BCUT2D eigenvalue weighted by Crippen LogP contribution is -2.46. The van der Waals surface area contributed by atoms with Gasteiger partial charge in [0.15, 0.2) is 6.04 Å². The first-order valence-corrected chi connectivity index (χ1v) is 7.98. The fourth-order valence-corrected chi connectivity index (χ4v) is 2.71. The van der Waals surface area contributed by atoms with Crippen molar-refractivity contribution in [1.29, 1.82) is 0 Å². The molecule has 2 aromatic rings. The van der Waals surface area contributed by atoms with E-state index < -0.39 is 6.04 Å². The molecule has 3 rings (SSSR count). The SMILES string of the molecule is CC(C)C(C(=O)N1CCOCC1)n1nnc(-c2cccc(F)c2)n1. The summed E-state index contributed by atoms with van der Waals surface area (Å²) in [4.78, 5) is 15.9. The number of amides is 1. The summed E-state index contributed by atoms with van der Waals surface area (Å²) in [7, 11) is 0. The number of carbonyl (C=O) groups is 1. The second-order valence-corrected chi connectivity index (χ2v) is 6.07. The van der Waals surface area contributed by atoms with Gasteiger partial charge >= 0.3 is 0 Å². The molecule has 0 bridgehead atoms. The number of hydrogen-bond acceptors (Lipinski definition) is 5. The van der Waals surface area contributed by atoms with E-state index in [9.17, 15) is 9.18 Å². The first-order valence-electron chi connectivity index (χ1n) is 7.98. The zero-order valence-corrected chi connectivity index (χ0v) is 13.7. The summed E-state index contributed by atoms with van der Waals surface area (Å²) in [5, 5.41) is 12.3. The molecule has 1 fully saturated rings. The molecule has 0 radical (unpaired) electrons. The van der Waals surface area contributed by atoms with Gasteiger partial charge in [-0.3, -0.25) is 4.79 Å². The second-order valence-electron chi connectivity index (χ2n) is 6.07. The van der Waals surface area contributed by atoms with E-state index in [1.165, 1.54) is 16.9 Å². The fraction of sp³-hybridized carbons (Fsp3) is 0.500. The Balaban J connectivity index is 1.85. The maximum Gasteiger partial charge on any atom is 0.249 e. The molecule has 128 valence electrons. The van der Waals surface area contributed by atoms with Crippen LogP contribution in [0.4, 0.5) is 4.39 Å². The molecule has 1 amide bonds. The molecule has 0 saturated carbocycles. The number of aromatic nitrogens is 4. The normalized spacial score (nSPS) is 16.4. The van der Waals surface area contributed by atoms with Crippen LogP contribution in [-0.2, 0) is 9.53 Å². The number of morpholine rings is 1. The molecule has 1 aromatic heterocycles. The van der Waals surface area contributed by atoms with E-state index in [1.54, 1.807) is 17.0 Å². The minimum atomic E-state index is -0.544. The van der Waals surface area contributed by atoms with E-state index in [-0.39, 0.29) is 17.6 Å². The van der Waals surface area contributed by atoms with Crippen molar-refractivity contribution in [2.24, 2.45) is 5.92 Å². The number of carbonyl (C=O) groups excluding carboxylic acids is 1. The second kappa shape index (κ2) is 7.04. The molecule has 1 aliphatic heterocycles. The van der Waals surface area contributed by atoms with Gasteiger partial charge in [0, 0.05) is 18.7 Å². The molecule has 24 heavy (non-hydrogen) atoms. The maximum absolute atomic E-state index is 13.4. The van der Waals surface area contributed by atoms with Crippen LogP contribution in [0, 0.1) is 11.7 Å². The van der Waals surface area contributed by atoms with Gasteiger partial charge in [0.25, 0.3) is 0 Å². The van der Waals surface area contributed by atoms with E-state index in [0.717, 1.165) is 0 Å². The van der Waals surface area contributed by atoms with Gasteiger partial charge in [0.1, 0.15) is 5.82 Å². The van der Waals surface area contributed by atoms with Gasteiger partial charge < -0.3 is 9.64 Å². The highest BCUT2D eigenvalue weighted by Gasteiger charge is 2.32. The number of nitrogens with zero attached hydrogens (tertiary/aromatic N) is 5. The van der Waals surface area contributed by atoms with Crippen LogP contribution < -0.4 is 0 Å². The van der Waals surface area contributed by atoms with Gasteiger partial charge in [0.05, 0.1) is 13.2 Å². The molecular formula is C16H20FN5O2. The van der Waals surface area contributed by atoms with E-state index >= 15 is 0 Å². The van der Waals surface area contributed by atoms with Crippen LogP contribution in [-0.4, -0.2) is 57.3 Å². The van der Waals surface area contributed by atoms with Gasteiger partial charge in [-0.2, -0.15) is 4.80 Å². The molecule has 1 saturated heterocycles. The average molecular weight is 333 g/mol. The quantitative estimate of drug-likeness (QED) is 0.848. The minimum Gasteiger partial charge on any atom is -0.378 e. The average Bonchev–Trinajstić information content (AvgIpc) is 3.05. The standard InChI is InChI=1S/C16H20FN5O2/c1-11(2)14(16(23)21-6-8-24-9-7-21)22-19-15(18-20-22)12-4-3-5-13(17)10-12/h3-5,10-11,14H,6-9H2,1-2H3. The van der Waals surface area contributed by atoms with Gasteiger partial charge in [-0.15, -0.1) is 10.2 Å². The van der Waals surface area contributed by atoms with Crippen molar-refractivity contribution in [1.82, 2.24) is 25.1 Å². The highest BCUT2D eigenvalue weighted by Crippen LogP contribution is 2.21.